The zero-order valence-electron chi connectivity index (χ0n) is 27.2. The summed E-state index contributed by atoms with van der Waals surface area (Å²) in [6, 6.07) is 0. The monoisotopic (exact) mass is 550 g/mol. The Morgan fingerprint density at radius 2 is 1.73 bits per heavy atom. The molecule has 5 rings (SSSR count). The van der Waals surface area contributed by atoms with Gasteiger partial charge in [-0.3, -0.25) is 4.79 Å². The van der Waals surface area contributed by atoms with Crippen LogP contribution in [0.15, 0.2) is 46.3 Å². The molecule has 40 heavy (non-hydrogen) atoms. The molecule has 0 saturated heterocycles. The molecular formula is C37H58O3. The summed E-state index contributed by atoms with van der Waals surface area (Å²) >= 11 is 0. The van der Waals surface area contributed by atoms with Crippen molar-refractivity contribution in [1.29, 1.82) is 0 Å². The van der Waals surface area contributed by atoms with Crippen LogP contribution in [0, 0.1) is 39.9 Å². The minimum absolute atomic E-state index is 0.0787. The number of allylic oxidation sites excluding steroid dienone is 7. The lowest BCUT2D eigenvalue weighted by molar-refractivity contribution is -0.114. The van der Waals surface area contributed by atoms with Gasteiger partial charge in [-0.15, -0.1) is 0 Å². The van der Waals surface area contributed by atoms with Crippen LogP contribution in [0.3, 0.4) is 0 Å². The number of carbonyl (C=O) groups excluding carboxylic acids is 2. The van der Waals surface area contributed by atoms with E-state index in [9.17, 15) is 9.90 Å². The van der Waals surface area contributed by atoms with Crippen molar-refractivity contribution in [2.45, 2.75) is 133 Å². The second-order valence-electron chi connectivity index (χ2n) is 14.5. The molecule has 0 aromatic rings. The van der Waals surface area contributed by atoms with Crippen molar-refractivity contribution < 1.29 is 14.7 Å². The Balaban J connectivity index is 0.000000344. The third kappa shape index (κ3) is 6.00. The van der Waals surface area contributed by atoms with Crippen LogP contribution in [0.5, 0.6) is 0 Å². The number of aliphatic hydroxyl groups excluding tert-OH is 1. The number of aliphatic hydroxyl groups is 1. The lowest BCUT2D eigenvalue weighted by atomic mass is 9.40. The smallest absolute Gasteiger partial charge is 0.220 e. The highest BCUT2D eigenvalue weighted by molar-refractivity contribution is 6.06. The Morgan fingerprint density at radius 3 is 2.35 bits per heavy atom. The second-order valence-corrected chi connectivity index (χ2v) is 14.5. The van der Waals surface area contributed by atoms with Gasteiger partial charge in [0.1, 0.15) is 6.29 Å². The van der Waals surface area contributed by atoms with Crippen LogP contribution in [0.25, 0.3) is 0 Å². The SMILES string of the molecule is CC1=C(O)C(=O)C=C2C1=CC=C1C2(C)CCC2C3CC(C)CCC3(C)CCC12C.CC=O.CCCCC(C)CC. The number of hydrogen-bond donors (Lipinski definition) is 1. The topological polar surface area (TPSA) is 54.4 Å². The molecule has 0 spiro atoms. The standard InChI is InChI=1S/C27H36O2.C8H18.C2H4O/c1-16-8-10-25(3)12-13-27(5)19(21(25)14-16)9-11-26(4)20-15-22(28)24(29)17(2)18(20)6-7-23(26)27;1-4-6-7-8(3)5-2;1-2-3/h6-7,15-16,19,21,29H,8-14H2,1-5H3;8H,4-7H2,1-3H3;2H,1H3. The maximum Gasteiger partial charge on any atom is 0.220 e. The fourth-order valence-corrected chi connectivity index (χ4v) is 8.84. The highest BCUT2D eigenvalue weighted by Gasteiger charge is 2.60. The molecule has 7 unspecified atom stereocenters. The summed E-state index contributed by atoms with van der Waals surface area (Å²) in [4.78, 5) is 21.3. The third-order valence-electron chi connectivity index (χ3n) is 11.8. The van der Waals surface area contributed by atoms with E-state index in [2.05, 4.69) is 60.6 Å². The quantitative estimate of drug-likeness (QED) is 0.354. The van der Waals surface area contributed by atoms with Crippen LogP contribution in [0.2, 0.25) is 0 Å². The summed E-state index contributed by atoms with van der Waals surface area (Å²) in [5, 5.41) is 10.2. The normalized spacial score (nSPS) is 36.9. The fraction of sp³-hybridized carbons (Fsp3) is 0.730. The number of fused-ring (bicyclic) bond motifs is 7. The van der Waals surface area contributed by atoms with Gasteiger partial charge in [-0.1, -0.05) is 98.3 Å². The van der Waals surface area contributed by atoms with Gasteiger partial charge in [0, 0.05) is 11.0 Å². The van der Waals surface area contributed by atoms with Crippen molar-refractivity contribution in [1.82, 2.24) is 0 Å². The molecule has 3 heteroatoms. The molecule has 3 nitrogen and oxygen atoms in total. The molecule has 0 aromatic carbocycles. The van der Waals surface area contributed by atoms with Crippen molar-refractivity contribution in [3.63, 3.8) is 0 Å². The van der Waals surface area contributed by atoms with Crippen molar-refractivity contribution in [2.75, 3.05) is 0 Å². The van der Waals surface area contributed by atoms with Crippen LogP contribution in [0.4, 0.5) is 0 Å². The first-order valence-electron chi connectivity index (χ1n) is 16.3. The number of carbonyl (C=O) groups is 2. The molecule has 5 aliphatic carbocycles. The van der Waals surface area contributed by atoms with Gasteiger partial charge in [0.25, 0.3) is 0 Å². The Morgan fingerprint density at radius 1 is 1.05 bits per heavy atom. The molecule has 0 aromatic heterocycles. The Kier molecular flexibility index (Phi) is 10.6. The zero-order chi connectivity index (χ0) is 29.9. The highest BCUT2D eigenvalue weighted by atomic mass is 16.3. The Bertz CT molecular complexity index is 1070. The van der Waals surface area contributed by atoms with Crippen LogP contribution in [0.1, 0.15) is 133 Å². The lowest BCUT2D eigenvalue weighted by Gasteiger charge is -2.64. The average Bonchev–Trinajstić information content (AvgIpc) is 2.92. The summed E-state index contributed by atoms with van der Waals surface area (Å²) in [5.41, 5.74) is 5.18. The largest absolute Gasteiger partial charge is 0.504 e. The fourth-order valence-electron chi connectivity index (χ4n) is 8.84. The van der Waals surface area contributed by atoms with E-state index in [-0.39, 0.29) is 22.4 Å². The number of aldehydes is 1. The van der Waals surface area contributed by atoms with E-state index in [0.717, 1.165) is 53.1 Å². The molecule has 0 radical (unpaired) electrons. The van der Waals surface area contributed by atoms with Crippen molar-refractivity contribution in [2.24, 2.45) is 39.9 Å². The third-order valence-corrected chi connectivity index (χ3v) is 11.8. The lowest BCUT2D eigenvalue weighted by Crippen LogP contribution is -2.55. The second kappa shape index (κ2) is 13.0. The van der Waals surface area contributed by atoms with Gasteiger partial charge in [-0.25, -0.2) is 0 Å². The summed E-state index contributed by atoms with van der Waals surface area (Å²) in [6.07, 6.45) is 21.7. The molecule has 3 saturated carbocycles. The summed E-state index contributed by atoms with van der Waals surface area (Å²) < 4.78 is 0. The van der Waals surface area contributed by atoms with E-state index in [1.54, 1.807) is 11.6 Å². The Labute approximate surface area is 245 Å². The van der Waals surface area contributed by atoms with E-state index < -0.39 is 0 Å². The van der Waals surface area contributed by atoms with Gasteiger partial charge in [0.15, 0.2) is 5.76 Å². The van der Waals surface area contributed by atoms with Crippen molar-refractivity contribution in [3.05, 3.63) is 46.3 Å². The molecule has 0 aliphatic heterocycles. The van der Waals surface area contributed by atoms with Crippen LogP contribution < -0.4 is 0 Å². The molecular weight excluding hydrogens is 492 g/mol. The van der Waals surface area contributed by atoms with Gasteiger partial charge in [-0.2, -0.15) is 0 Å². The van der Waals surface area contributed by atoms with Gasteiger partial charge in [0.05, 0.1) is 0 Å². The van der Waals surface area contributed by atoms with Gasteiger partial charge in [0.2, 0.25) is 5.78 Å². The highest BCUT2D eigenvalue weighted by Crippen LogP contribution is 2.69. The summed E-state index contributed by atoms with van der Waals surface area (Å²) in [5.74, 6) is 3.09. The molecule has 0 bridgehead atoms. The van der Waals surface area contributed by atoms with Crippen molar-refractivity contribution >= 4 is 12.1 Å². The first kappa shape index (κ1) is 32.6. The van der Waals surface area contributed by atoms with Crippen LogP contribution >= 0.6 is 0 Å². The molecule has 5 aliphatic rings. The minimum atomic E-state index is -0.221. The van der Waals surface area contributed by atoms with Crippen molar-refractivity contribution in [3.8, 4) is 0 Å². The van der Waals surface area contributed by atoms with E-state index in [4.69, 9.17) is 4.79 Å². The van der Waals surface area contributed by atoms with Crippen LogP contribution in [-0.2, 0) is 9.59 Å². The Hall–Kier alpha value is -1.90. The minimum Gasteiger partial charge on any atom is -0.504 e. The molecule has 224 valence electrons. The average molecular weight is 551 g/mol. The summed E-state index contributed by atoms with van der Waals surface area (Å²) in [7, 11) is 0. The molecule has 3 fully saturated rings. The van der Waals surface area contributed by atoms with Gasteiger partial charge in [-0.05, 0) is 104 Å². The number of rotatable bonds is 4. The van der Waals surface area contributed by atoms with E-state index in [1.165, 1.54) is 71.1 Å². The first-order chi connectivity index (χ1) is 18.8. The number of unbranched alkanes of at least 4 members (excludes halogenated alkanes) is 1. The molecule has 0 amide bonds. The van der Waals surface area contributed by atoms with E-state index in [0.29, 0.717) is 5.41 Å². The summed E-state index contributed by atoms with van der Waals surface area (Å²) in [6.45, 7) is 20.1. The van der Waals surface area contributed by atoms with Crippen LogP contribution in [-0.4, -0.2) is 17.2 Å². The molecule has 1 N–H and O–H groups in total. The molecule has 7 atom stereocenters. The van der Waals surface area contributed by atoms with Gasteiger partial charge >= 0.3 is 0 Å². The molecule has 0 heterocycles. The van der Waals surface area contributed by atoms with E-state index >= 15 is 0 Å². The predicted octanol–water partition coefficient (Wildman–Crippen LogP) is 10.3. The maximum atomic E-state index is 12.5. The predicted molar refractivity (Wildman–Crippen MR) is 168 cm³/mol. The number of hydrogen-bond acceptors (Lipinski definition) is 3. The maximum absolute atomic E-state index is 12.5. The van der Waals surface area contributed by atoms with Gasteiger partial charge < -0.3 is 9.90 Å². The number of ketones is 1. The first-order valence-corrected chi connectivity index (χ1v) is 16.3. The van der Waals surface area contributed by atoms with E-state index in [1.807, 2.05) is 6.92 Å². The zero-order valence-corrected chi connectivity index (χ0v) is 27.2.